The van der Waals surface area contributed by atoms with E-state index in [4.69, 9.17) is 15.6 Å². The van der Waals surface area contributed by atoms with Gasteiger partial charge in [0.05, 0.1) is 19.1 Å². The van der Waals surface area contributed by atoms with Gasteiger partial charge in [-0.15, -0.1) is 5.10 Å². The van der Waals surface area contributed by atoms with Crippen LogP contribution in [0.2, 0.25) is 0 Å². The maximum absolute atomic E-state index is 9.97. The maximum Gasteiger partial charge on any atom is 0.172 e. The average Bonchev–Trinajstić information content (AvgIpc) is 2.94. The average molecular weight is 267 g/mol. The third-order valence-corrected chi connectivity index (χ3v) is 3.20. The van der Waals surface area contributed by atoms with Crippen molar-refractivity contribution < 1.29 is 20.1 Å². The third kappa shape index (κ3) is 1.75. The SMILES string of the molecule is Nc1nncc2ncn(C3OC(CO)C(O)C3O)c12. The Morgan fingerprint density at radius 2 is 2.16 bits per heavy atom. The highest BCUT2D eigenvalue weighted by Gasteiger charge is 2.43. The molecule has 1 aliphatic rings. The first kappa shape index (κ1) is 12.2. The van der Waals surface area contributed by atoms with Gasteiger partial charge in [0, 0.05) is 0 Å². The summed E-state index contributed by atoms with van der Waals surface area (Å²) in [5.41, 5.74) is 6.70. The normalized spacial score (nSPS) is 31.1. The number of aromatic nitrogens is 4. The Morgan fingerprint density at radius 1 is 1.37 bits per heavy atom. The highest BCUT2D eigenvalue weighted by atomic mass is 16.6. The number of hydrogen-bond acceptors (Lipinski definition) is 8. The molecule has 0 spiro atoms. The third-order valence-electron chi connectivity index (χ3n) is 3.20. The molecule has 2 aromatic heterocycles. The fraction of sp³-hybridized carbons (Fsp3) is 0.500. The van der Waals surface area contributed by atoms with Crippen molar-refractivity contribution in [1.82, 2.24) is 19.7 Å². The number of rotatable bonds is 2. The molecule has 0 radical (unpaired) electrons. The number of hydrogen-bond donors (Lipinski definition) is 4. The van der Waals surface area contributed by atoms with Gasteiger partial charge in [0.1, 0.15) is 29.3 Å². The molecule has 1 fully saturated rings. The highest BCUT2D eigenvalue weighted by Crippen LogP contribution is 2.32. The van der Waals surface area contributed by atoms with Crippen molar-refractivity contribution in [3.8, 4) is 0 Å². The van der Waals surface area contributed by atoms with Crippen LogP contribution in [0.25, 0.3) is 11.0 Å². The summed E-state index contributed by atoms with van der Waals surface area (Å²) in [6.45, 7) is -0.392. The predicted octanol–water partition coefficient (Wildman–Crippen LogP) is -1.98. The van der Waals surface area contributed by atoms with Gasteiger partial charge < -0.3 is 25.8 Å². The Balaban J connectivity index is 2.06. The molecule has 0 bridgehead atoms. The first-order valence-corrected chi connectivity index (χ1v) is 5.69. The van der Waals surface area contributed by atoms with Crippen LogP contribution in [0, 0.1) is 0 Å². The van der Waals surface area contributed by atoms with Gasteiger partial charge >= 0.3 is 0 Å². The van der Waals surface area contributed by atoms with Crippen LogP contribution in [-0.2, 0) is 4.74 Å². The zero-order chi connectivity index (χ0) is 13.6. The molecule has 9 heteroatoms. The van der Waals surface area contributed by atoms with E-state index in [9.17, 15) is 10.2 Å². The minimum atomic E-state index is -1.19. The minimum Gasteiger partial charge on any atom is -0.394 e. The van der Waals surface area contributed by atoms with E-state index in [0.29, 0.717) is 11.0 Å². The Labute approximate surface area is 107 Å². The molecule has 4 unspecified atom stereocenters. The van der Waals surface area contributed by atoms with Crippen LogP contribution in [-0.4, -0.2) is 60.0 Å². The van der Waals surface area contributed by atoms with Crippen molar-refractivity contribution in [2.45, 2.75) is 24.5 Å². The molecule has 5 N–H and O–H groups in total. The number of nitrogens with zero attached hydrogens (tertiary/aromatic N) is 4. The van der Waals surface area contributed by atoms with Gasteiger partial charge in [0.15, 0.2) is 12.0 Å². The molecule has 3 heterocycles. The summed E-state index contributed by atoms with van der Waals surface area (Å²) in [5, 5.41) is 36.2. The smallest absolute Gasteiger partial charge is 0.172 e. The van der Waals surface area contributed by atoms with E-state index in [1.54, 1.807) is 0 Å². The quantitative estimate of drug-likeness (QED) is 0.491. The van der Waals surface area contributed by atoms with E-state index in [-0.39, 0.29) is 5.82 Å². The minimum absolute atomic E-state index is 0.146. The topological polar surface area (TPSA) is 140 Å². The lowest BCUT2D eigenvalue weighted by Crippen LogP contribution is -2.33. The van der Waals surface area contributed by atoms with Crippen LogP contribution >= 0.6 is 0 Å². The largest absolute Gasteiger partial charge is 0.394 e. The number of nitrogen functional groups attached to an aromatic ring is 1. The molecule has 2 aromatic rings. The van der Waals surface area contributed by atoms with E-state index in [1.807, 2.05) is 0 Å². The van der Waals surface area contributed by atoms with E-state index < -0.39 is 31.1 Å². The molecular weight excluding hydrogens is 254 g/mol. The zero-order valence-electron chi connectivity index (χ0n) is 9.79. The Morgan fingerprint density at radius 3 is 2.84 bits per heavy atom. The van der Waals surface area contributed by atoms with Gasteiger partial charge in [-0.25, -0.2) is 4.98 Å². The molecule has 102 valence electrons. The maximum atomic E-state index is 9.97. The summed E-state index contributed by atoms with van der Waals surface area (Å²) in [4.78, 5) is 4.08. The van der Waals surface area contributed by atoms with Crippen LogP contribution < -0.4 is 5.73 Å². The molecule has 0 aromatic carbocycles. The van der Waals surface area contributed by atoms with Crippen molar-refractivity contribution in [3.05, 3.63) is 12.5 Å². The summed E-state index contributed by atoms with van der Waals surface area (Å²) in [6, 6.07) is 0. The molecule has 0 aliphatic carbocycles. The van der Waals surface area contributed by atoms with Crippen molar-refractivity contribution in [3.63, 3.8) is 0 Å². The van der Waals surface area contributed by atoms with Crippen molar-refractivity contribution in [2.75, 3.05) is 12.3 Å². The lowest BCUT2D eigenvalue weighted by atomic mass is 10.1. The molecule has 19 heavy (non-hydrogen) atoms. The molecular formula is C10H13N5O4. The molecule has 3 rings (SSSR count). The van der Waals surface area contributed by atoms with Crippen molar-refractivity contribution >= 4 is 16.9 Å². The Kier molecular flexibility index (Phi) is 2.82. The van der Waals surface area contributed by atoms with E-state index in [1.165, 1.54) is 17.1 Å². The zero-order valence-corrected chi connectivity index (χ0v) is 9.79. The number of imidazole rings is 1. The summed E-state index contributed by atoms with van der Waals surface area (Å²) in [5.74, 6) is 0.146. The van der Waals surface area contributed by atoms with Gasteiger partial charge in [-0.05, 0) is 0 Å². The first-order chi connectivity index (χ1) is 9.13. The number of ether oxygens (including phenoxy) is 1. The summed E-state index contributed by atoms with van der Waals surface area (Å²) >= 11 is 0. The Hall–Kier alpha value is -1.81. The summed E-state index contributed by atoms with van der Waals surface area (Å²) in [7, 11) is 0. The van der Waals surface area contributed by atoms with Crippen molar-refractivity contribution in [2.24, 2.45) is 0 Å². The van der Waals surface area contributed by atoms with Gasteiger partial charge in [0.2, 0.25) is 0 Å². The number of anilines is 1. The predicted molar refractivity (Wildman–Crippen MR) is 62.7 cm³/mol. The fourth-order valence-electron chi connectivity index (χ4n) is 2.23. The van der Waals surface area contributed by atoms with Crippen molar-refractivity contribution in [1.29, 1.82) is 0 Å². The standard InChI is InChI=1S/C10H13N5O4/c11-9-6-4(1-13-14-9)12-3-15(6)10-8(18)7(17)5(2-16)19-10/h1,3,5,7-8,10,16-18H,2H2,(H2,11,14). The van der Waals surface area contributed by atoms with Gasteiger partial charge in [-0.1, -0.05) is 0 Å². The second kappa shape index (κ2) is 4.38. The number of aliphatic hydroxyl groups excluding tert-OH is 3. The van der Waals surface area contributed by atoms with Crippen LogP contribution in [0.3, 0.4) is 0 Å². The molecule has 0 saturated carbocycles. The number of aliphatic hydroxyl groups is 3. The van der Waals surface area contributed by atoms with Gasteiger partial charge in [0.25, 0.3) is 0 Å². The van der Waals surface area contributed by atoms with Crippen LogP contribution in [0.5, 0.6) is 0 Å². The molecule has 4 atom stereocenters. The summed E-state index contributed by atoms with van der Waals surface area (Å²) < 4.78 is 6.89. The van der Waals surface area contributed by atoms with Crippen LogP contribution in [0.15, 0.2) is 12.5 Å². The second-order valence-corrected chi connectivity index (χ2v) is 4.34. The molecule has 1 aliphatic heterocycles. The molecule has 0 amide bonds. The highest BCUT2D eigenvalue weighted by molar-refractivity contribution is 5.83. The van der Waals surface area contributed by atoms with Gasteiger partial charge in [-0.2, -0.15) is 5.10 Å². The van der Waals surface area contributed by atoms with Crippen LogP contribution in [0.4, 0.5) is 5.82 Å². The lowest BCUT2D eigenvalue weighted by molar-refractivity contribution is -0.0508. The second-order valence-electron chi connectivity index (χ2n) is 4.34. The van der Waals surface area contributed by atoms with E-state index in [0.717, 1.165) is 0 Å². The monoisotopic (exact) mass is 267 g/mol. The van der Waals surface area contributed by atoms with E-state index in [2.05, 4.69) is 15.2 Å². The van der Waals surface area contributed by atoms with Gasteiger partial charge in [-0.3, -0.25) is 4.57 Å². The van der Waals surface area contributed by atoms with Crippen LogP contribution in [0.1, 0.15) is 6.23 Å². The number of nitrogens with two attached hydrogens (primary N) is 1. The Bertz CT molecular complexity index is 603. The number of fused-ring (bicyclic) bond motifs is 1. The first-order valence-electron chi connectivity index (χ1n) is 5.69. The van der Waals surface area contributed by atoms with E-state index >= 15 is 0 Å². The molecule has 9 nitrogen and oxygen atoms in total. The summed E-state index contributed by atoms with van der Waals surface area (Å²) in [6.07, 6.45) is -1.25. The fourth-order valence-corrected chi connectivity index (χ4v) is 2.23. The lowest BCUT2D eigenvalue weighted by Gasteiger charge is -2.17. The molecule has 1 saturated heterocycles.